The molecule has 0 bridgehead atoms. The van der Waals surface area contributed by atoms with Crippen molar-refractivity contribution in [2.75, 3.05) is 24.1 Å². The van der Waals surface area contributed by atoms with Gasteiger partial charge in [0.1, 0.15) is 5.82 Å². The van der Waals surface area contributed by atoms with Crippen LogP contribution in [0.15, 0.2) is 24.3 Å². The van der Waals surface area contributed by atoms with Crippen LogP contribution >= 0.6 is 0 Å². The van der Waals surface area contributed by atoms with Crippen molar-refractivity contribution >= 4 is 22.8 Å². The van der Waals surface area contributed by atoms with E-state index in [9.17, 15) is 0 Å². The van der Waals surface area contributed by atoms with Crippen molar-refractivity contribution < 1.29 is 0 Å². The van der Waals surface area contributed by atoms with E-state index >= 15 is 0 Å². The fourth-order valence-corrected chi connectivity index (χ4v) is 4.31. The number of fused-ring (bicyclic) bond motifs is 1. The molecule has 6 heteroatoms. The Balaban J connectivity index is 1.42. The molecule has 3 aromatic rings. The Kier molecular flexibility index (Phi) is 5.37. The van der Waals surface area contributed by atoms with Crippen molar-refractivity contribution in [1.82, 2.24) is 19.9 Å². The summed E-state index contributed by atoms with van der Waals surface area (Å²) in [6.07, 6.45) is 2.12. The van der Waals surface area contributed by atoms with Crippen LogP contribution in [0.25, 0.3) is 11.0 Å². The van der Waals surface area contributed by atoms with Crippen molar-refractivity contribution in [2.24, 2.45) is 0 Å². The molecule has 0 unspecified atom stereocenters. The van der Waals surface area contributed by atoms with E-state index in [2.05, 4.69) is 57.2 Å². The smallest absolute Gasteiger partial charge is 0.226 e. The number of benzene rings is 1. The minimum atomic E-state index is 0.354. The number of nitrogens with two attached hydrogens (primary N) is 1. The van der Waals surface area contributed by atoms with Gasteiger partial charge in [-0.2, -0.15) is 9.97 Å². The lowest BCUT2D eigenvalue weighted by Crippen LogP contribution is -2.39. The molecule has 152 valence electrons. The highest BCUT2D eigenvalue weighted by Gasteiger charge is 2.21. The lowest BCUT2D eigenvalue weighted by molar-refractivity contribution is 0.210. The normalized spacial score (nSPS) is 15.7. The molecule has 0 atom stereocenters. The van der Waals surface area contributed by atoms with Crippen LogP contribution in [0.3, 0.4) is 0 Å². The summed E-state index contributed by atoms with van der Waals surface area (Å²) in [6, 6.07) is 8.91. The summed E-state index contributed by atoms with van der Waals surface area (Å²) in [6.45, 7) is 11.5. The van der Waals surface area contributed by atoms with Gasteiger partial charge >= 0.3 is 0 Å². The van der Waals surface area contributed by atoms with Gasteiger partial charge in [0.15, 0.2) is 5.65 Å². The van der Waals surface area contributed by atoms with Crippen LogP contribution < -0.4 is 11.1 Å². The third kappa shape index (κ3) is 4.17. The first-order valence-corrected chi connectivity index (χ1v) is 10.4. The molecule has 29 heavy (non-hydrogen) atoms. The second-order valence-corrected chi connectivity index (χ2v) is 8.28. The quantitative estimate of drug-likeness (QED) is 0.703. The average molecular weight is 391 g/mol. The van der Waals surface area contributed by atoms with E-state index in [-0.39, 0.29) is 0 Å². The van der Waals surface area contributed by atoms with Crippen molar-refractivity contribution in [2.45, 2.75) is 53.1 Å². The molecule has 0 saturated carbocycles. The van der Waals surface area contributed by atoms with Crippen molar-refractivity contribution in [3.63, 3.8) is 0 Å². The van der Waals surface area contributed by atoms with Crippen molar-refractivity contribution in [3.8, 4) is 0 Å². The third-order valence-electron chi connectivity index (χ3n) is 5.97. The molecule has 3 N–H and O–H groups in total. The summed E-state index contributed by atoms with van der Waals surface area (Å²) in [5.74, 6) is 1.08. The van der Waals surface area contributed by atoms with Crippen molar-refractivity contribution in [3.05, 3.63) is 52.2 Å². The molecule has 1 aliphatic rings. The van der Waals surface area contributed by atoms with Crippen LogP contribution in [0.1, 0.15) is 40.8 Å². The number of hydrogen-bond donors (Lipinski definition) is 2. The van der Waals surface area contributed by atoms with Gasteiger partial charge in [0.05, 0.1) is 5.39 Å². The zero-order valence-electron chi connectivity index (χ0n) is 17.8. The summed E-state index contributed by atoms with van der Waals surface area (Å²) in [5, 5.41) is 4.34. The predicted octanol–water partition coefficient (Wildman–Crippen LogP) is 3.92. The fraction of sp³-hybridized carbons (Fsp3) is 0.435. The van der Waals surface area contributed by atoms with E-state index in [1.54, 1.807) is 0 Å². The summed E-state index contributed by atoms with van der Waals surface area (Å²) >= 11 is 0. The highest BCUT2D eigenvalue weighted by molar-refractivity contribution is 5.89. The van der Waals surface area contributed by atoms with E-state index in [4.69, 9.17) is 5.73 Å². The molecule has 2 aromatic heterocycles. The zero-order valence-corrected chi connectivity index (χ0v) is 17.8. The Labute approximate surface area is 172 Å². The number of rotatable bonds is 4. The third-order valence-corrected chi connectivity index (χ3v) is 5.97. The molecule has 0 amide bonds. The number of aromatic nitrogens is 3. The molecule has 1 aromatic carbocycles. The van der Waals surface area contributed by atoms with Gasteiger partial charge in [-0.05, 0) is 68.9 Å². The number of likely N-dealkylation sites (tertiary alicyclic amines) is 1. The van der Waals surface area contributed by atoms with E-state index in [1.165, 1.54) is 16.7 Å². The molecule has 6 nitrogen and oxygen atoms in total. The SMILES string of the molecule is Cc1cc(C)c2c(N)nc(NC3CCN(Cc4c(C)cccc4C)CC3)nc2n1. The van der Waals surface area contributed by atoms with Gasteiger partial charge in [0.2, 0.25) is 5.95 Å². The van der Waals surface area contributed by atoms with Gasteiger partial charge in [-0.3, -0.25) is 4.90 Å². The lowest BCUT2D eigenvalue weighted by atomic mass is 10.00. The fourth-order valence-electron chi connectivity index (χ4n) is 4.31. The summed E-state index contributed by atoms with van der Waals surface area (Å²) in [7, 11) is 0. The number of nitrogens with one attached hydrogen (secondary N) is 1. The highest BCUT2D eigenvalue weighted by atomic mass is 15.2. The van der Waals surface area contributed by atoms with Crippen LogP contribution in [0.5, 0.6) is 0 Å². The maximum Gasteiger partial charge on any atom is 0.226 e. The maximum absolute atomic E-state index is 6.21. The first kappa shape index (κ1) is 19.6. The summed E-state index contributed by atoms with van der Waals surface area (Å²) in [5.41, 5.74) is 13.1. The lowest BCUT2D eigenvalue weighted by Gasteiger charge is -2.33. The van der Waals surface area contributed by atoms with E-state index in [0.29, 0.717) is 23.5 Å². The topological polar surface area (TPSA) is 80.0 Å². The Morgan fingerprint density at radius 1 is 1.00 bits per heavy atom. The number of piperidine rings is 1. The number of hydrogen-bond acceptors (Lipinski definition) is 6. The number of nitrogens with zero attached hydrogens (tertiary/aromatic N) is 4. The van der Waals surface area contributed by atoms with Crippen LogP contribution in [-0.2, 0) is 6.54 Å². The highest BCUT2D eigenvalue weighted by Crippen LogP contribution is 2.24. The first-order chi connectivity index (χ1) is 13.9. The van der Waals surface area contributed by atoms with Gasteiger partial charge in [-0.25, -0.2) is 4.98 Å². The van der Waals surface area contributed by atoms with E-state index in [0.717, 1.165) is 49.1 Å². The second-order valence-electron chi connectivity index (χ2n) is 8.28. The molecule has 0 aliphatic carbocycles. The summed E-state index contributed by atoms with van der Waals surface area (Å²) in [4.78, 5) is 16.2. The maximum atomic E-state index is 6.21. The molecule has 4 rings (SSSR count). The molecule has 3 heterocycles. The predicted molar refractivity (Wildman–Crippen MR) is 119 cm³/mol. The van der Waals surface area contributed by atoms with Gasteiger partial charge in [0.25, 0.3) is 0 Å². The van der Waals surface area contributed by atoms with Gasteiger partial charge in [-0.1, -0.05) is 18.2 Å². The molecule has 0 radical (unpaired) electrons. The molecular weight excluding hydrogens is 360 g/mol. The molecule has 1 fully saturated rings. The second kappa shape index (κ2) is 7.95. The average Bonchev–Trinajstić information content (AvgIpc) is 2.65. The number of anilines is 2. The minimum Gasteiger partial charge on any atom is -0.383 e. The Hall–Kier alpha value is -2.73. The monoisotopic (exact) mass is 390 g/mol. The van der Waals surface area contributed by atoms with Gasteiger partial charge in [0, 0.05) is 31.4 Å². The van der Waals surface area contributed by atoms with E-state index < -0.39 is 0 Å². The van der Waals surface area contributed by atoms with Gasteiger partial charge < -0.3 is 11.1 Å². The van der Waals surface area contributed by atoms with Crippen molar-refractivity contribution in [1.29, 1.82) is 0 Å². The molecule has 1 saturated heterocycles. The Morgan fingerprint density at radius 3 is 2.38 bits per heavy atom. The van der Waals surface area contributed by atoms with E-state index in [1.807, 2.05) is 19.9 Å². The standard InChI is InChI=1S/C23H30N6/c1-14-6-5-7-15(2)19(14)13-29-10-8-18(9-11-29)26-23-27-21(24)20-16(3)12-17(4)25-22(20)28-23/h5-7,12,18H,8-11,13H2,1-4H3,(H3,24,25,26,27,28). The van der Waals surface area contributed by atoms with Crippen LogP contribution in [0.2, 0.25) is 0 Å². The Bertz CT molecular complexity index is 1020. The Morgan fingerprint density at radius 2 is 1.69 bits per heavy atom. The van der Waals surface area contributed by atoms with Gasteiger partial charge in [-0.15, -0.1) is 0 Å². The van der Waals surface area contributed by atoms with Crippen LogP contribution in [0.4, 0.5) is 11.8 Å². The zero-order chi connectivity index (χ0) is 20.5. The van der Waals surface area contributed by atoms with Crippen LogP contribution in [-0.4, -0.2) is 39.0 Å². The minimum absolute atomic E-state index is 0.354. The largest absolute Gasteiger partial charge is 0.383 e. The number of nitrogen functional groups attached to an aromatic ring is 1. The summed E-state index contributed by atoms with van der Waals surface area (Å²) < 4.78 is 0. The number of aryl methyl sites for hydroxylation is 4. The molecular formula is C23H30N6. The first-order valence-electron chi connectivity index (χ1n) is 10.4. The molecule has 0 spiro atoms. The number of pyridine rings is 1. The van der Waals surface area contributed by atoms with Crippen LogP contribution in [0, 0.1) is 27.7 Å². The molecule has 1 aliphatic heterocycles.